The second-order valence-corrected chi connectivity index (χ2v) is 5.47. The number of hydrogen-bond donors (Lipinski definition) is 4. The standard InChI is InChI=1S/C15H18F3N3O6/c1-25-14(15(16,17)18)5-2-3-9(21-14)13(24)20-11-7-19-10(27-11)4-6-26-8-12(22)23/h2-3,5,7,10,19,21H,4,6,8H2,1H3,(H,20,24)(H,22,23). The summed E-state index contributed by atoms with van der Waals surface area (Å²) in [6.45, 7) is -0.351. The topological polar surface area (TPSA) is 118 Å². The highest BCUT2D eigenvalue weighted by Crippen LogP contribution is 2.34. The minimum Gasteiger partial charge on any atom is -0.480 e. The normalized spacial score (nSPS) is 24.2. The molecule has 12 heteroatoms. The summed E-state index contributed by atoms with van der Waals surface area (Å²) in [7, 11) is 0.870. The SMILES string of the molecule is COC1(C(F)(F)F)C=CC=C(C(=O)NC2=CNC(CCOCC(=O)O)O2)N1. The highest BCUT2D eigenvalue weighted by atomic mass is 19.4. The van der Waals surface area contributed by atoms with Crippen molar-refractivity contribution in [2.24, 2.45) is 0 Å². The Morgan fingerprint density at radius 2 is 2.19 bits per heavy atom. The van der Waals surface area contributed by atoms with Gasteiger partial charge in [0.2, 0.25) is 5.88 Å². The lowest BCUT2D eigenvalue weighted by atomic mass is 10.1. The molecule has 2 atom stereocenters. The molecule has 0 aliphatic carbocycles. The maximum atomic E-state index is 13.2. The van der Waals surface area contributed by atoms with Crippen molar-refractivity contribution in [1.29, 1.82) is 0 Å². The molecule has 0 aromatic carbocycles. The van der Waals surface area contributed by atoms with Crippen LogP contribution in [0.3, 0.4) is 0 Å². The second-order valence-electron chi connectivity index (χ2n) is 5.47. The molecule has 0 radical (unpaired) electrons. The fourth-order valence-electron chi connectivity index (χ4n) is 2.22. The Bertz CT molecular complexity index is 676. The zero-order chi connectivity index (χ0) is 20.1. The van der Waals surface area contributed by atoms with Crippen molar-refractivity contribution in [2.75, 3.05) is 20.3 Å². The second kappa shape index (κ2) is 8.31. The molecule has 0 saturated heterocycles. The first kappa shape index (κ1) is 20.6. The van der Waals surface area contributed by atoms with Gasteiger partial charge < -0.3 is 30.0 Å². The number of dihydropyridines is 1. The molecule has 0 aromatic heterocycles. The first-order chi connectivity index (χ1) is 12.7. The Labute approximate surface area is 151 Å². The summed E-state index contributed by atoms with van der Waals surface area (Å²) in [6, 6.07) is 0. The number of allylic oxidation sites excluding steroid dienone is 2. The van der Waals surface area contributed by atoms with Crippen LogP contribution in [0.2, 0.25) is 0 Å². The molecule has 1 amide bonds. The number of alkyl halides is 3. The van der Waals surface area contributed by atoms with Crippen LogP contribution in [0, 0.1) is 0 Å². The average Bonchev–Trinajstić information content (AvgIpc) is 3.05. The van der Waals surface area contributed by atoms with Gasteiger partial charge >= 0.3 is 12.1 Å². The van der Waals surface area contributed by atoms with E-state index >= 15 is 0 Å². The van der Waals surface area contributed by atoms with Crippen LogP contribution in [0.5, 0.6) is 0 Å². The molecule has 2 aliphatic rings. The summed E-state index contributed by atoms with van der Waals surface area (Å²) in [6.07, 6.45) is -0.769. The van der Waals surface area contributed by atoms with Gasteiger partial charge in [0.25, 0.3) is 11.6 Å². The molecule has 2 unspecified atom stereocenters. The number of aliphatic carboxylic acids is 1. The monoisotopic (exact) mass is 393 g/mol. The molecule has 0 bridgehead atoms. The summed E-state index contributed by atoms with van der Waals surface area (Å²) in [4.78, 5) is 22.5. The van der Waals surface area contributed by atoms with E-state index in [1.807, 2.05) is 5.32 Å². The van der Waals surface area contributed by atoms with Crippen LogP contribution in [-0.4, -0.2) is 55.4 Å². The van der Waals surface area contributed by atoms with E-state index in [1.54, 1.807) is 0 Å². The maximum Gasteiger partial charge on any atom is 0.440 e. The largest absolute Gasteiger partial charge is 0.480 e. The summed E-state index contributed by atoms with van der Waals surface area (Å²) in [5, 5.41) is 15.6. The maximum absolute atomic E-state index is 13.2. The molecule has 2 aliphatic heterocycles. The van der Waals surface area contributed by atoms with Crippen molar-refractivity contribution >= 4 is 11.9 Å². The molecule has 2 rings (SSSR count). The molecular weight excluding hydrogens is 375 g/mol. The van der Waals surface area contributed by atoms with Crippen molar-refractivity contribution < 1.29 is 42.1 Å². The number of carboxylic acid groups (broad SMARTS) is 1. The first-order valence-electron chi connectivity index (χ1n) is 7.70. The number of rotatable bonds is 8. The highest BCUT2D eigenvalue weighted by Gasteiger charge is 2.55. The number of carboxylic acids is 1. The van der Waals surface area contributed by atoms with Crippen LogP contribution in [0.4, 0.5) is 13.2 Å². The first-order valence-corrected chi connectivity index (χ1v) is 7.70. The van der Waals surface area contributed by atoms with Crippen LogP contribution in [0.15, 0.2) is 36.0 Å². The zero-order valence-corrected chi connectivity index (χ0v) is 14.1. The lowest BCUT2D eigenvalue weighted by molar-refractivity contribution is -0.258. The van der Waals surface area contributed by atoms with Gasteiger partial charge in [-0.1, -0.05) is 6.08 Å². The van der Waals surface area contributed by atoms with Crippen molar-refractivity contribution in [2.45, 2.75) is 24.6 Å². The van der Waals surface area contributed by atoms with Gasteiger partial charge in [0.05, 0.1) is 12.8 Å². The van der Waals surface area contributed by atoms with E-state index in [2.05, 4.69) is 15.4 Å². The van der Waals surface area contributed by atoms with Gasteiger partial charge in [-0.05, 0) is 12.2 Å². The van der Waals surface area contributed by atoms with Gasteiger partial charge in [-0.25, -0.2) is 4.79 Å². The molecule has 4 N–H and O–H groups in total. The average molecular weight is 393 g/mol. The molecule has 2 heterocycles. The van der Waals surface area contributed by atoms with Crippen molar-refractivity contribution in [3.8, 4) is 0 Å². The van der Waals surface area contributed by atoms with Crippen LogP contribution in [0.25, 0.3) is 0 Å². The van der Waals surface area contributed by atoms with Crippen LogP contribution < -0.4 is 16.0 Å². The minimum atomic E-state index is -4.79. The fourth-order valence-corrected chi connectivity index (χ4v) is 2.22. The van der Waals surface area contributed by atoms with Gasteiger partial charge in [0, 0.05) is 13.5 Å². The molecule has 0 saturated carbocycles. The van der Waals surface area contributed by atoms with Crippen molar-refractivity contribution in [3.63, 3.8) is 0 Å². The van der Waals surface area contributed by atoms with Crippen LogP contribution >= 0.6 is 0 Å². The predicted molar refractivity (Wildman–Crippen MR) is 83.5 cm³/mol. The lowest BCUT2D eigenvalue weighted by Gasteiger charge is -2.35. The number of carbonyl (C=O) groups is 2. The van der Waals surface area contributed by atoms with Gasteiger partial charge in [-0.15, -0.1) is 0 Å². The summed E-state index contributed by atoms with van der Waals surface area (Å²) < 4.78 is 54.3. The van der Waals surface area contributed by atoms with Crippen molar-refractivity contribution in [1.82, 2.24) is 16.0 Å². The van der Waals surface area contributed by atoms with E-state index in [0.29, 0.717) is 0 Å². The number of nitrogens with one attached hydrogen (secondary N) is 3. The third-order valence-corrected chi connectivity index (χ3v) is 3.56. The molecule has 27 heavy (non-hydrogen) atoms. The Kier molecular flexibility index (Phi) is 6.33. The lowest BCUT2D eigenvalue weighted by Crippen LogP contribution is -2.58. The zero-order valence-electron chi connectivity index (χ0n) is 14.1. The van der Waals surface area contributed by atoms with Gasteiger partial charge in [-0.3, -0.25) is 10.1 Å². The van der Waals surface area contributed by atoms with E-state index in [9.17, 15) is 22.8 Å². The highest BCUT2D eigenvalue weighted by molar-refractivity contribution is 5.94. The Balaban J connectivity index is 1.85. The number of hydrogen-bond acceptors (Lipinski definition) is 7. The van der Waals surface area contributed by atoms with Gasteiger partial charge in [-0.2, -0.15) is 13.2 Å². The van der Waals surface area contributed by atoms with Crippen LogP contribution in [-0.2, 0) is 23.8 Å². The smallest absolute Gasteiger partial charge is 0.440 e. The minimum absolute atomic E-state index is 0.00415. The Morgan fingerprint density at radius 3 is 2.81 bits per heavy atom. The third-order valence-electron chi connectivity index (χ3n) is 3.56. The number of ether oxygens (including phenoxy) is 3. The van der Waals surface area contributed by atoms with E-state index in [-0.39, 0.29) is 24.6 Å². The van der Waals surface area contributed by atoms with E-state index in [0.717, 1.165) is 19.3 Å². The summed E-state index contributed by atoms with van der Waals surface area (Å²) in [5.41, 5.74) is -3.17. The van der Waals surface area contributed by atoms with Gasteiger partial charge in [0.1, 0.15) is 12.3 Å². The third kappa shape index (κ3) is 5.14. The molecule has 0 fully saturated rings. The summed E-state index contributed by atoms with van der Waals surface area (Å²) in [5.74, 6) is -1.97. The molecule has 0 aromatic rings. The van der Waals surface area contributed by atoms with E-state index in [4.69, 9.17) is 14.6 Å². The number of carbonyl (C=O) groups excluding carboxylic acids is 1. The molecule has 9 nitrogen and oxygen atoms in total. The van der Waals surface area contributed by atoms with E-state index < -0.39 is 36.6 Å². The molecular formula is C15H18F3N3O6. The molecule has 0 spiro atoms. The number of methoxy groups -OCH3 is 1. The van der Waals surface area contributed by atoms with Crippen LogP contribution in [0.1, 0.15) is 6.42 Å². The number of amides is 1. The quantitative estimate of drug-likeness (QED) is 0.435. The predicted octanol–water partition coefficient (Wildman–Crippen LogP) is 0.287. The fraction of sp³-hybridized carbons (Fsp3) is 0.467. The van der Waals surface area contributed by atoms with Crippen molar-refractivity contribution in [3.05, 3.63) is 36.0 Å². The number of halogens is 3. The summed E-state index contributed by atoms with van der Waals surface area (Å²) >= 11 is 0. The van der Waals surface area contributed by atoms with E-state index in [1.165, 1.54) is 12.3 Å². The molecule has 150 valence electrons. The Hall–Kier alpha value is -2.73. The Morgan fingerprint density at radius 1 is 1.44 bits per heavy atom. The van der Waals surface area contributed by atoms with Gasteiger partial charge in [0.15, 0.2) is 6.23 Å².